The van der Waals surface area contributed by atoms with Gasteiger partial charge in [-0.05, 0) is 14.1 Å². The maximum atomic E-state index is 10.8. The minimum absolute atomic E-state index is 0.192. The molecular formula is C7H15NO3. The number of rotatable bonds is 4. The van der Waals surface area contributed by atoms with Crippen molar-refractivity contribution in [3.05, 3.63) is 0 Å². The van der Waals surface area contributed by atoms with Crippen LogP contribution in [0.5, 0.6) is 0 Å². The monoisotopic (exact) mass is 161 g/mol. The molecule has 0 aromatic carbocycles. The molecule has 0 N–H and O–H groups in total. The topological polar surface area (TPSA) is 38.8 Å². The third kappa shape index (κ3) is 3.95. The molecule has 0 aliphatic carbocycles. The van der Waals surface area contributed by atoms with Crippen LogP contribution < -0.4 is 0 Å². The van der Waals surface area contributed by atoms with E-state index in [-0.39, 0.29) is 18.6 Å². The number of esters is 1. The molecule has 0 aromatic heterocycles. The smallest absolute Gasteiger partial charge is 0.309 e. The predicted octanol–water partition coefficient (Wildman–Crippen LogP) is 0.0836. The summed E-state index contributed by atoms with van der Waals surface area (Å²) in [6.07, 6.45) is 0.0717. The van der Waals surface area contributed by atoms with Gasteiger partial charge in [0, 0.05) is 7.11 Å². The van der Waals surface area contributed by atoms with Crippen molar-refractivity contribution in [1.82, 2.24) is 4.90 Å². The van der Waals surface area contributed by atoms with Gasteiger partial charge in [-0.25, -0.2) is 0 Å². The number of methoxy groups -OCH3 is 2. The lowest BCUT2D eigenvalue weighted by Crippen LogP contribution is -2.32. The molecule has 0 spiro atoms. The van der Waals surface area contributed by atoms with Crippen molar-refractivity contribution in [3.63, 3.8) is 0 Å². The maximum Gasteiger partial charge on any atom is 0.309 e. The molecule has 0 fully saturated rings. The molecule has 1 unspecified atom stereocenters. The van der Waals surface area contributed by atoms with Gasteiger partial charge in [0.15, 0.2) is 0 Å². The van der Waals surface area contributed by atoms with E-state index < -0.39 is 0 Å². The lowest BCUT2D eigenvalue weighted by molar-refractivity contribution is -0.146. The molecule has 0 amide bonds. The van der Waals surface area contributed by atoms with E-state index in [0.29, 0.717) is 0 Å². The second kappa shape index (κ2) is 5.09. The number of carbonyl (C=O) groups is 1. The molecule has 0 aromatic rings. The molecule has 0 saturated heterocycles. The molecule has 66 valence electrons. The van der Waals surface area contributed by atoms with Crippen LogP contribution in [0.15, 0.2) is 0 Å². The second-order valence-corrected chi connectivity index (χ2v) is 2.43. The van der Waals surface area contributed by atoms with Crippen LogP contribution in [0.1, 0.15) is 6.42 Å². The van der Waals surface area contributed by atoms with Crippen molar-refractivity contribution in [1.29, 1.82) is 0 Å². The molecule has 0 aliphatic rings. The molecule has 0 radical (unpaired) electrons. The predicted molar refractivity (Wildman–Crippen MR) is 41.1 cm³/mol. The molecular weight excluding hydrogens is 146 g/mol. The van der Waals surface area contributed by atoms with Crippen LogP contribution in [0, 0.1) is 0 Å². The van der Waals surface area contributed by atoms with Gasteiger partial charge in [0.1, 0.15) is 6.23 Å². The van der Waals surface area contributed by atoms with Gasteiger partial charge in [-0.1, -0.05) is 0 Å². The van der Waals surface area contributed by atoms with E-state index in [4.69, 9.17) is 4.74 Å². The Bertz CT molecular complexity index is 125. The Balaban J connectivity index is 3.78. The van der Waals surface area contributed by atoms with E-state index in [1.165, 1.54) is 7.11 Å². The summed E-state index contributed by atoms with van der Waals surface area (Å²) in [5.74, 6) is -0.259. The zero-order valence-corrected chi connectivity index (χ0v) is 7.46. The van der Waals surface area contributed by atoms with E-state index in [1.807, 2.05) is 19.0 Å². The van der Waals surface area contributed by atoms with Crippen LogP contribution in [-0.4, -0.2) is 45.4 Å². The number of nitrogens with zero attached hydrogens (tertiary/aromatic N) is 1. The molecule has 0 saturated carbocycles. The van der Waals surface area contributed by atoms with Crippen molar-refractivity contribution in [2.24, 2.45) is 0 Å². The van der Waals surface area contributed by atoms with E-state index >= 15 is 0 Å². The van der Waals surface area contributed by atoms with Gasteiger partial charge in [0.2, 0.25) is 0 Å². The molecule has 11 heavy (non-hydrogen) atoms. The first kappa shape index (κ1) is 10.4. The van der Waals surface area contributed by atoms with Crippen LogP contribution in [0.25, 0.3) is 0 Å². The molecule has 4 heteroatoms. The summed E-state index contributed by atoms with van der Waals surface area (Å²) in [5, 5.41) is 0. The normalized spacial score (nSPS) is 13.2. The summed E-state index contributed by atoms with van der Waals surface area (Å²) in [4.78, 5) is 12.6. The van der Waals surface area contributed by atoms with Crippen molar-refractivity contribution in [2.45, 2.75) is 12.6 Å². The van der Waals surface area contributed by atoms with E-state index in [1.54, 1.807) is 7.11 Å². The fraction of sp³-hybridized carbons (Fsp3) is 0.857. The Morgan fingerprint density at radius 2 is 2.00 bits per heavy atom. The van der Waals surface area contributed by atoms with Crippen LogP contribution in [0.4, 0.5) is 0 Å². The zero-order chi connectivity index (χ0) is 8.85. The Morgan fingerprint density at radius 1 is 1.45 bits per heavy atom. The molecule has 1 atom stereocenters. The zero-order valence-electron chi connectivity index (χ0n) is 7.46. The van der Waals surface area contributed by atoms with Gasteiger partial charge in [-0.3, -0.25) is 9.69 Å². The van der Waals surface area contributed by atoms with Crippen molar-refractivity contribution in [2.75, 3.05) is 28.3 Å². The highest BCUT2D eigenvalue weighted by atomic mass is 16.5. The molecule has 0 aliphatic heterocycles. The van der Waals surface area contributed by atoms with Gasteiger partial charge in [-0.15, -0.1) is 0 Å². The van der Waals surface area contributed by atoms with Crippen LogP contribution in [0.2, 0.25) is 0 Å². The molecule has 0 bridgehead atoms. The summed E-state index contributed by atoms with van der Waals surface area (Å²) in [5.41, 5.74) is 0. The van der Waals surface area contributed by atoms with Gasteiger partial charge in [0.05, 0.1) is 13.5 Å². The van der Waals surface area contributed by atoms with Gasteiger partial charge in [0.25, 0.3) is 0 Å². The Morgan fingerprint density at radius 3 is 2.27 bits per heavy atom. The first-order chi connectivity index (χ1) is 5.11. The summed E-state index contributed by atoms with van der Waals surface area (Å²) in [6.45, 7) is 0. The van der Waals surface area contributed by atoms with Crippen LogP contribution >= 0.6 is 0 Å². The summed E-state index contributed by atoms with van der Waals surface area (Å²) >= 11 is 0. The number of hydrogen-bond acceptors (Lipinski definition) is 4. The first-order valence-electron chi connectivity index (χ1n) is 3.37. The van der Waals surface area contributed by atoms with Crippen molar-refractivity contribution >= 4 is 5.97 Å². The number of ether oxygens (including phenoxy) is 2. The fourth-order valence-electron chi connectivity index (χ4n) is 0.703. The average molecular weight is 161 g/mol. The lowest BCUT2D eigenvalue weighted by atomic mass is 10.3. The summed E-state index contributed by atoms with van der Waals surface area (Å²) < 4.78 is 9.50. The van der Waals surface area contributed by atoms with Crippen molar-refractivity contribution in [3.8, 4) is 0 Å². The lowest BCUT2D eigenvalue weighted by Gasteiger charge is -2.20. The minimum Gasteiger partial charge on any atom is -0.469 e. The SMILES string of the molecule is COC(=O)CC(OC)N(C)C. The van der Waals surface area contributed by atoms with Gasteiger partial charge in [-0.2, -0.15) is 0 Å². The Kier molecular flexibility index (Phi) is 4.81. The first-order valence-corrected chi connectivity index (χ1v) is 3.37. The number of carbonyl (C=O) groups excluding carboxylic acids is 1. The summed E-state index contributed by atoms with van der Waals surface area (Å²) in [6, 6.07) is 0. The maximum absolute atomic E-state index is 10.8. The highest BCUT2D eigenvalue weighted by Crippen LogP contribution is 2.00. The fourth-order valence-corrected chi connectivity index (χ4v) is 0.703. The highest BCUT2D eigenvalue weighted by Gasteiger charge is 2.14. The van der Waals surface area contributed by atoms with Gasteiger partial charge < -0.3 is 9.47 Å². The quantitative estimate of drug-likeness (QED) is 0.432. The minimum atomic E-state index is -0.259. The standard InChI is InChI=1S/C7H15NO3/c1-8(2)6(10-3)5-7(9)11-4/h6H,5H2,1-4H3. The molecule has 0 rings (SSSR count). The Labute approximate surface area is 67.1 Å². The van der Waals surface area contributed by atoms with E-state index in [0.717, 1.165) is 0 Å². The highest BCUT2D eigenvalue weighted by molar-refractivity contribution is 5.69. The van der Waals surface area contributed by atoms with Crippen LogP contribution in [-0.2, 0) is 14.3 Å². The van der Waals surface area contributed by atoms with E-state index in [2.05, 4.69) is 4.74 Å². The number of hydrogen-bond donors (Lipinski definition) is 0. The molecule has 0 heterocycles. The van der Waals surface area contributed by atoms with Gasteiger partial charge >= 0.3 is 5.97 Å². The third-order valence-corrected chi connectivity index (χ3v) is 1.42. The van der Waals surface area contributed by atoms with Crippen LogP contribution in [0.3, 0.4) is 0 Å². The van der Waals surface area contributed by atoms with E-state index in [9.17, 15) is 4.79 Å². The molecule has 4 nitrogen and oxygen atoms in total. The largest absolute Gasteiger partial charge is 0.469 e. The second-order valence-electron chi connectivity index (χ2n) is 2.43. The Hall–Kier alpha value is -0.610. The third-order valence-electron chi connectivity index (χ3n) is 1.42. The average Bonchev–Trinajstić information content (AvgIpc) is 1.99. The summed E-state index contributed by atoms with van der Waals surface area (Å²) in [7, 11) is 6.62. The van der Waals surface area contributed by atoms with Crippen molar-refractivity contribution < 1.29 is 14.3 Å².